The molecule has 3 aliphatic heterocycles. The third kappa shape index (κ3) is 0.849. The van der Waals surface area contributed by atoms with Crippen molar-refractivity contribution < 1.29 is 4.74 Å². The fourth-order valence-electron chi connectivity index (χ4n) is 4.28. The second-order valence-electron chi connectivity index (χ2n) is 6.19. The van der Waals surface area contributed by atoms with Gasteiger partial charge in [-0.15, -0.1) is 0 Å². The first-order valence-corrected chi connectivity index (χ1v) is 5.94. The van der Waals surface area contributed by atoms with Crippen molar-refractivity contribution in [3.05, 3.63) is 0 Å². The molecule has 3 unspecified atom stereocenters. The predicted octanol–water partition coefficient (Wildman–Crippen LogP) is 2.24. The first-order chi connectivity index (χ1) is 6.56. The smallest absolute Gasteiger partial charge is 0.111 e. The Kier molecular flexibility index (Phi) is 1.66. The van der Waals surface area contributed by atoms with Gasteiger partial charge < -0.3 is 4.74 Å². The highest BCUT2D eigenvalue weighted by atomic mass is 16.5. The van der Waals surface area contributed by atoms with E-state index in [1.807, 2.05) is 0 Å². The number of fused-ring (bicyclic) bond motifs is 5. The number of nitrogens with zero attached hydrogens (tertiary/aromatic N) is 1. The van der Waals surface area contributed by atoms with E-state index in [2.05, 4.69) is 25.7 Å². The monoisotopic (exact) mass is 195 g/mol. The molecule has 0 radical (unpaired) electrons. The number of hydrogen-bond donors (Lipinski definition) is 0. The Morgan fingerprint density at radius 3 is 2.79 bits per heavy atom. The van der Waals surface area contributed by atoms with Crippen LogP contribution < -0.4 is 0 Å². The van der Waals surface area contributed by atoms with Gasteiger partial charge >= 0.3 is 0 Å². The lowest BCUT2D eigenvalue weighted by atomic mass is 9.66. The molecule has 3 saturated heterocycles. The van der Waals surface area contributed by atoms with E-state index in [9.17, 15) is 0 Å². The van der Waals surface area contributed by atoms with Crippen LogP contribution in [0.15, 0.2) is 0 Å². The Labute approximate surface area is 86.6 Å². The predicted molar refractivity (Wildman–Crippen MR) is 56.0 cm³/mol. The molecule has 2 nitrogen and oxygen atoms in total. The molecule has 14 heavy (non-hydrogen) atoms. The van der Waals surface area contributed by atoms with Crippen LogP contribution in [0.25, 0.3) is 0 Å². The zero-order valence-corrected chi connectivity index (χ0v) is 9.55. The van der Waals surface area contributed by atoms with Crippen LogP contribution in [-0.2, 0) is 4.74 Å². The van der Waals surface area contributed by atoms with Gasteiger partial charge in [0.2, 0.25) is 0 Å². The first-order valence-electron chi connectivity index (χ1n) is 5.94. The maximum atomic E-state index is 5.81. The summed E-state index contributed by atoms with van der Waals surface area (Å²) in [4.78, 5) is 2.67. The molecule has 3 aliphatic rings. The molecule has 0 amide bonds. The van der Waals surface area contributed by atoms with Crippen LogP contribution in [0.4, 0.5) is 0 Å². The Balaban J connectivity index is 2.04. The zero-order valence-electron chi connectivity index (χ0n) is 9.55. The molecule has 0 aliphatic carbocycles. The first kappa shape index (κ1) is 9.17. The van der Waals surface area contributed by atoms with E-state index in [4.69, 9.17) is 4.74 Å². The highest BCUT2D eigenvalue weighted by Crippen LogP contribution is 2.58. The van der Waals surface area contributed by atoms with Gasteiger partial charge in [0, 0.05) is 18.0 Å². The Hall–Kier alpha value is -0.0800. The van der Waals surface area contributed by atoms with Crippen LogP contribution in [0.1, 0.15) is 40.0 Å². The van der Waals surface area contributed by atoms with E-state index in [0.717, 1.165) is 12.5 Å². The average Bonchev–Trinajstić information content (AvgIpc) is 2.74. The van der Waals surface area contributed by atoms with Crippen LogP contribution in [0.5, 0.6) is 0 Å². The maximum Gasteiger partial charge on any atom is 0.111 e. The van der Waals surface area contributed by atoms with Crippen LogP contribution in [0.3, 0.4) is 0 Å². The number of hydrogen-bond acceptors (Lipinski definition) is 2. The fourth-order valence-corrected chi connectivity index (χ4v) is 4.28. The van der Waals surface area contributed by atoms with Gasteiger partial charge in [-0.05, 0) is 24.7 Å². The Bertz CT molecular complexity index is 258. The van der Waals surface area contributed by atoms with E-state index in [1.165, 1.54) is 25.8 Å². The summed E-state index contributed by atoms with van der Waals surface area (Å²) in [5, 5.41) is 0. The summed E-state index contributed by atoms with van der Waals surface area (Å²) in [5.74, 6) is 0.801. The van der Waals surface area contributed by atoms with E-state index in [1.54, 1.807) is 0 Å². The summed E-state index contributed by atoms with van der Waals surface area (Å²) in [5.41, 5.74) is 0.878. The van der Waals surface area contributed by atoms with Crippen molar-refractivity contribution in [1.29, 1.82) is 0 Å². The van der Waals surface area contributed by atoms with Crippen molar-refractivity contribution in [3.8, 4) is 0 Å². The maximum absolute atomic E-state index is 5.81. The molecule has 0 aromatic carbocycles. The lowest BCUT2D eigenvalue weighted by Crippen LogP contribution is -2.58. The molecule has 0 saturated carbocycles. The van der Waals surface area contributed by atoms with Crippen LogP contribution >= 0.6 is 0 Å². The molecule has 3 heterocycles. The van der Waals surface area contributed by atoms with E-state index < -0.39 is 0 Å². The second kappa shape index (κ2) is 2.53. The molecule has 0 N–H and O–H groups in total. The fraction of sp³-hybridized carbons (Fsp3) is 1.00. The van der Waals surface area contributed by atoms with Crippen molar-refractivity contribution in [2.75, 3.05) is 13.2 Å². The summed E-state index contributed by atoms with van der Waals surface area (Å²) in [6, 6.07) is 0. The lowest BCUT2D eigenvalue weighted by molar-refractivity contribution is -0.126. The van der Waals surface area contributed by atoms with Gasteiger partial charge in [-0.1, -0.05) is 20.8 Å². The molecular formula is C12H21NO. The van der Waals surface area contributed by atoms with Crippen molar-refractivity contribution in [2.45, 2.75) is 51.8 Å². The summed E-state index contributed by atoms with van der Waals surface area (Å²) < 4.78 is 5.81. The third-order valence-corrected chi connectivity index (χ3v) is 4.77. The van der Waals surface area contributed by atoms with Gasteiger partial charge in [0.25, 0.3) is 0 Å². The number of ether oxygens (including phenoxy) is 1. The average molecular weight is 195 g/mol. The Morgan fingerprint density at radius 1 is 1.36 bits per heavy atom. The van der Waals surface area contributed by atoms with Crippen molar-refractivity contribution in [3.63, 3.8) is 0 Å². The van der Waals surface area contributed by atoms with Gasteiger partial charge in [0.15, 0.2) is 0 Å². The van der Waals surface area contributed by atoms with Crippen molar-refractivity contribution in [2.24, 2.45) is 11.3 Å². The number of rotatable bonds is 0. The minimum absolute atomic E-state index is 0.409. The minimum Gasteiger partial charge on any atom is -0.363 e. The minimum atomic E-state index is 0.409. The molecule has 0 aromatic heterocycles. The standard InChI is InChI=1S/C12H21NO/c1-11(2,3)12-5-4-6-13(12)10-7-9(12)8-14-10/h9-10H,4-8H2,1-3H3. The normalized spacial score (nSPS) is 47.4. The van der Waals surface area contributed by atoms with E-state index >= 15 is 0 Å². The van der Waals surface area contributed by atoms with Crippen LogP contribution in [0, 0.1) is 11.3 Å². The highest BCUT2D eigenvalue weighted by Gasteiger charge is 2.63. The lowest BCUT2D eigenvalue weighted by Gasteiger charge is -2.50. The van der Waals surface area contributed by atoms with Crippen LogP contribution in [0.2, 0.25) is 0 Å². The van der Waals surface area contributed by atoms with Crippen molar-refractivity contribution >= 4 is 0 Å². The van der Waals surface area contributed by atoms with Gasteiger partial charge in [0.1, 0.15) is 6.23 Å². The van der Waals surface area contributed by atoms with Crippen LogP contribution in [-0.4, -0.2) is 29.8 Å². The quantitative estimate of drug-likeness (QED) is 0.588. The topological polar surface area (TPSA) is 12.5 Å². The molecule has 0 spiro atoms. The molecule has 3 atom stereocenters. The molecule has 80 valence electrons. The summed E-state index contributed by atoms with van der Waals surface area (Å²) in [6.07, 6.45) is 4.51. The largest absolute Gasteiger partial charge is 0.363 e. The second-order valence-corrected chi connectivity index (χ2v) is 6.19. The molecule has 3 fully saturated rings. The summed E-state index contributed by atoms with van der Waals surface area (Å²) in [6.45, 7) is 9.50. The summed E-state index contributed by atoms with van der Waals surface area (Å²) >= 11 is 0. The molecule has 3 rings (SSSR count). The van der Waals surface area contributed by atoms with Gasteiger partial charge in [-0.2, -0.15) is 0 Å². The SMILES string of the molecule is CC(C)(C)C12CCCN1C1CC2CO1. The van der Waals surface area contributed by atoms with Gasteiger partial charge in [0.05, 0.1) is 6.61 Å². The van der Waals surface area contributed by atoms with E-state index in [0.29, 0.717) is 17.2 Å². The summed E-state index contributed by atoms with van der Waals surface area (Å²) in [7, 11) is 0. The Morgan fingerprint density at radius 2 is 2.14 bits per heavy atom. The van der Waals surface area contributed by atoms with E-state index in [-0.39, 0.29) is 0 Å². The highest BCUT2D eigenvalue weighted by molar-refractivity contribution is 5.14. The molecule has 0 aromatic rings. The van der Waals surface area contributed by atoms with Gasteiger partial charge in [-0.25, -0.2) is 0 Å². The third-order valence-electron chi connectivity index (χ3n) is 4.77. The zero-order chi connectivity index (χ0) is 9.97. The van der Waals surface area contributed by atoms with Crippen molar-refractivity contribution in [1.82, 2.24) is 4.90 Å². The molecule has 2 bridgehead atoms. The van der Waals surface area contributed by atoms with Gasteiger partial charge in [-0.3, -0.25) is 4.90 Å². The molecular weight excluding hydrogens is 174 g/mol. The molecule has 2 heteroatoms.